The molecule has 2 aliphatic carbocycles. The van der Waals surface area contributed by atoms with Crippen LogP contribution in [0, 0.1) is 23.2 Å². The lowest BCUT2D eigenvalue weighted by molar-refractivity contribution is -0.148. The van der Waals surface area contributed by atoms with Crippen LogP contribution in [-0.2, 0) is 40.0 Å². The summed E-state index contributed by atoms with van der Waals surface area (Å²) in [6, 6.07) is 11.7. The summed E-state index contributed by atoms with van der Waals surface area (Å²) in [4.78, 5) is 48.2. The summed E-state index contributed by atoms with van der Waals surface area (Å²) in [7, 11) is 1.00. The number of hydrogen-bond acceptors (Lipinski definition) is 6. The molecule has 2 aromatic rings. The van der Waals surface area contributed by atoms with Crippen LogP contribution in [0.4, 0.5) is 0 Å². The molecule has 7 nitrogen and oxygen atoms in total. The number of carboxylic acid groups (broad SMARTS) is 1. The van der Waals surface area contributed by atoms with Crippen LogP contribution in [0.1, 0.15) is 124 Å². The van der Waals surface area contributed by atoms with Gasteiger partial charge in [-0.3, -0.25) is 19.2 Å². The number of aliphatic hydroxyl groups is 1. The third-order valence-electron chi connectivity index (χ3n) is 9.61. The largest absolute Gasteiger partial charge is 0.481 e. The number of aliphatic hydroxyl groups excluding tert-OH is 1. The summed E-state index contributed by atoms with van der Waals surface area (Å²) < 4.78 is 5.14. The van der Waals surface area contributed by atoms with Gasteiger partial charge in [-0.2, -0.15) is 0 Å². The Hall–Kier alpha value is -3.32. The van der Waals surface area contributed by atoms with Crippen molar-refractivity contribution in [1.29, 1.82) is 0 Å². The quantitative estimate of drug-likeness (QED) is 0.232. The van der Waals surface area contributed by atoms with Crippen LogP contribution in [0.15, 0.2) is 36.4 Å². The number of fused-ring (bicyclic) bond motifs is 2. The average molecular weight is 625 g/mol. The molecule has 4 rings (SSSR count). The first-order valence-electron chi connectivity index (χ1n) is 16.3. The molecule has 3 atom stereocenters. The molecule has 0 heterocycles. The van der Waals surface area contributed by atoms with Crippen LogP contribution in [0.5, 0.6) is 0 Å². The molecule has 250 valence electrons. The molecule has 0 aromatic heterocycles. The Bertz CT molecular complexity index is 1290. The van der Waals surface area contributed by atoms with Crippen molar-refractivity contribution in [2.45, 2.75) is 107 Å². The minimum absolute atomic E-state index is 0. The van der Waals surface area contributed by atoms with Crippen LogP contribution in [0.2, 0.25) is 0 Å². The number of carbonyl (C=O) groups is 4. The van der Waals surface area contributed by atoms with Crippen molar-refractivity contribution >= 4 is 23.5 Å². The predicted octanol–water partition coefficient (Wildman–Crippen LogP) is 7.71. The minimum Gasteiger partial charge on any atom is -0.481 e. The van der Waals surface area contributed by atoms with E-state index < -0.39 is 5.97 Å². The Morgan fingerprint density at radius 3 is 1.87 bits per heavy atom. The van der Waals surface area contributed by atoms with E-state index in [1.54, 1.807) is 0 Å². The van der Waals surface area contributed by atoms with Crippen molar-refractivity contribution in [3.8, 4) is 0 Å². The topological polar surface area (TPSA) is 118 Å². The minimum atomic E-state index is -0.753. The monoisotopic (exact) mass is 624 g/mol. The maximum Gasteiger partial charge on any atom is 0.309 e. The third kappa shape index (κ3) is 8.90. The lowest BCUT2D eigenvalue weighted by Crippen LogP contribution is -2.26. The first-order chi connectivity index (χ1) is 21.1. The van der Waals surface area contributed by atoms with Crippen molar-refractivity contribution < 1.29 is 34.1 Å². The second-order valence-electron chi connectivity index (χ2n) is 11.8. The van der Waals surface area contributed by atoms with Crippen LogP contribution >= 0.6 is 0 Å². The summed E-state index contributed by atoms with van der Waals surface area (Å²) in [6.45, 7) is 12.3. The van der Waals surface area contributed by atoms with E-state index in [1.165, 1.54) is 0 Å². The highest BCUT2D eigenvalue weighted by atomic mass is 16.5. The lowest BCUT2D eigenvalue weighted by atomic mass is 9.78. The Balaban J connectivity index is 0.000000418. The number of carbonyl (C=O) groups excluding carboxylic acids is 3. The van der Waals surface area contributed by atoms with Gasteiger partial charge in [0.05, 0.1) is 18.4 Å². The zero-order valence-corrected chi connectivity index (χ0v) is 27.7. The Morgan fingerprint density at radius 2 is 1.38 bits per heavy atom. The van der Waals surface area contributed by atoms with E-state index in [9.17, 15) is 24.3 Å². The Morgan fingerprint density at radius 1 is 0.844 bits per heavy atom. The van der Waals surface area contributed by atoms with Gasteiger partial charge in [-0.15, -0.1) is 0 Å². The molecule has 2 aromatic carbocycles. The maximum absolute atomic E-state index is 12.7. The number of rotatable bonds is 12. The molecule has 3 unspecified atom stereocenters. The molecular formula is C38H56O7. The van der Waals surface area contributed by atoms with Gasteiger partial charge in [-0.1, -0.05) is 78.4 Å². The van der Waals surface area contributed by atoms with Gasteiger partial charge < -0.3 is 14.9 Å². The summed E-state index contributed by atoms with van der Waals surface area (Å²) in [6.07, 6.45) is 6.70. The van der Waals surface area contributed by atoms with E-state index >= 15 is 0 Å². The van der Waals surface area contributed by atoms with Gasteiger partial charge >= 0.3 is 11.9 Å². The number of hydrogen-bond donors (Lipinski definition) is 2. The van der Waals surface area contributed by atoms with Crippen molar-refractivity contribution in [3.05, 3.63) is 69.8 Å². The molecule has 45 heavy (non-hydrogen) atoms. The number of esters is 1. The summed E-state index contributed by atoms with van der Waals surface area (Å²) in [5, 5.41) is 16.3. The van der Waals surface area contributed by atoms with Crippen molar-refractivity contribution in [2.75, 3.05) is 13.7 Å². The summed E-state index contributed by atoms with van der Waals surface area (Å²) in [5.41, 5.74) is 5.82. The number of benzene rings is 2. The summed E-state index contributed by atoms with van der Waals surface area (Å²) >= 11 is 0. The van der Waals surface area contributed by atoms with E-state index in [0.29, 0.717) is 25.9 Å². The Kier molecular flexibility index (Phi) is 16.4. The van der Waals surface area contributed by atoms with E-state index in [0.717, 1.165) is 79.0 Å². The highest BCUT2D eigenvalue weighted by Gasteiger charge is 2.43. The van der Waals surface area contributed by atoms with Crippen LogP contribution in [-0.4, -0.2) is 47.4 Å². The molecule has 0 aliphatic heterocycles. The van der Waals surface area contributed by atoms with Gasteiger partial charge in [0.2, 0.25) is 0 Å². The molecule has 7 heteroatoms. The van der Waals surface area contributed by atoms with Gasteiger partial charge in [-0.25, -0.2) is 0 Å². The molecule has 0 radical (unpaired) electrons. The average Bonchev–Trinajstić information content (AvgIpc) is 3.53. The molecule has 0 amide bonds. The second-order valence-corrected chi connectivity index (χ2v) is 11.8. The zero-order valence-electron chi connectivity index (χ0n) is 27.7. The van der Waals surface area contributed by atoms with Crippen molar-refractivity contribution in [2.24, 2.45) is 23.2 Å². The highest BCUT2D eigenvalue weighted by molar-refractivity contribution is 6.05. The van der Waals surface area contributed by atoms with Gasteiger partial charge in [0, 0.05) is 29.6 Å². The molecule has 0 saturated carbocycles. The standard InChI is InChI=1S/2C18H24O3.CH4O.CH4/c1-4-12-11-16-14(8-7-9-15(16)17(12)19)10-13(5-2)18(20)21-6-3;1-4-12(17(20)21)10-13-8-7-9-14-15(13)11-18(5-2,6-3)16(14)19;1-2;/h7-9,12-13H,4-6,10-11H2,1-3H3;7-9,12H,4-6,10-11H2,1-3H3,(H,20,21);2H,1H3;1H4. The van der Waals surface area contributed by atoms with Gasteiger partial charge in [-0.05, 0) is 87.0 Å². The van der Waals surface area contributed by atoms with Crippen LogP contribution in [0.25, 0.3) is 0 Å². The van der Waals surface area contributed by atoms with Crippen molar-refractivity contribution in [3.63, 3.8) is 0 Å². The molecule has 2 N–H and O–H groups in total. The fraction of sp³-hybridized carbons (Fsp3) is 0.579. The van der Waals surface area contributed by atoms with Gasteiger partial charge in [0.25, 0.3) is 0 Å². The molecule has 0 saturated heterocycles. The zero-order chi connectivity index (χ0) is 33.0. The normalized spacial score (nSPS) is 16.9. The fourth-order valence-electron chi connectivity index (χ4n) is 6.55. The van der Waals surface area contributed by atoms with E-state index in [-0.39, 0.29) is 48.1 Å². The van der Waals surface area contributed by atoms with E-state index in [1.807, 2.05) is 57.2 Å². The fourth-order valence-corrected chi connectivity index (χ4v) is 6.55. The number of aliphatic carboxylic acids is 1. The second kappa shape index (κ2) is 18.6. The third-order valence-corrected chi connectivity index (χ3v) is 9.61. The number of carboxylic acids is 1. The van der Waals surface area contributed by atoms with Crippen LogP contribution < -0.4 is 0 Å². The van der Waals surface area contributed by atoms with Crippen molar-refractivity contribution in [1.82, 2.24) is 0 Å². The van der Waals surface area contributed by atoms with Crippen LogP contribution in [0.3, 0.4) is 0 Å². The van der Waals surface area contributed by atoms with Gasteiger partial charge in [0.15, 0.2) is 11.6 Å². The number of ketones is 2. The molecule has 2 aliphatic rings. The first-order valence-corrected chi connectivity index (χ1v) is 16.3. The maximum atomic E-state index is 12.7. The molecule has 0 bridgehead atoms. The number of Topliss-reactive ketones (excluding diaryl/α,β-unsaturated/α-hetero) is 2. The smallest absolute Gasteiger partial charge is 0.309 e. The molecular weight excluding hydrogens is 568 g/mol. The van der Waals surface area contributed by atoms with E-state index in [2.05, 4.69) is 20.8 Å². The summed E-state index contributed by atoms with van der Waals surface area (Å²) in [5.74, 6) is -0.752. The predicted molar refractivity (Wildman–Crippen MR) is 180 cm³/mol. The molecule has 0 spiro atoms. The lowest BCUT2D eigenvalue weighted by Gasteiger charge is -2.23. The SMILES string of the molecule is C.CCC(Cc1cccc2c1CC(CC)(CC)C2=O)C(=O)O.CCOC(=O)C(CC)Cc1cccc2c1CC(CC)C2=O.CO. The number of ether oxygens (including phenoxy) is 1. The van der Waals surface area contributed by atoms with E-state index in [4.69, 9.17) is 9.84 Å². The highest BCUT2D eigenvalue weighted by Crippen LogP contribution is 2.43. The van der Waals surface area contributed by atoms with Gasteiger partial charge in [0.1, 0.15) is 0 Å². The Labute approximate surface area is 270 Å². The first kappa shape index (κ1) is 39.7. The molecule has 0 fully saturated rings.